The number of carbonyl (C=O) groups is 2. The third-order valence-corrected chi connectivity index (χ3v) is 4.60. The average molecular weight is 340 g/mol. The minimum atomic E-state index is -0.181. The molecule has 1 aromatic carbocycles. The van der Waals surface area contributed by atoms with E-state index in [4.69, 9.17) is 0 Å². The fourth-order valence-electron chi connectivity index (χ4n) is 3.37. The topological polar surface area (TPSA) is 78.1 Å². The second-order valence-electron chi connectivity index (χ2n) is 6.84. The number of hydrogen-bond donors (Lipinski definition) is 2. The molecule has 1 aromatic heterocycles. The normalized spacial score (nSPS) is 17.4. The summed E-state index contributed by atoms with van der Waals surface area (Å²) in [6.07, 6.45) is 1.65. The van der Waals surface area contributed by atoms with Gasteiger partial charge in [0, 0.05) is 31.6 Å². The van der Waals surface area contributed by atoms with E-state index in [1.54, 1.807) is 11.8 Å². The second kappa shape index (κ2) is 7.09. The standard InChI is InChI=1S/C19H24N4O2/c1-12-7-13(2)9-16(8-12)17-10-18(22-21-17)20-19(25)15-5-4-6-23(11-15)14(3)24/h7-10,15H,4-6,11H2,1-3H3,(H2,20,21,22,25). The first-order valence-corrected chi connectivity index (χ1v) is 8.63. The van der Waals surface area contributed by atoms with Gasteiger partial charge >= 0.3 is 0 Å². The average Bonchev–Trinajstić information content (AvgIpc) is 3.02. The van der Waals surface area contributed by atoms with Gasteiger partial charge in [-0.2, -0.15) is 5.10 Å². The molecule has 6 nitrogen and oxygen atoms in total. The molecular formula is C19H24N4O2. The Hall–Kier alpha value is -2.63. The molecule has 2 N–H and O–H groups in total. The van der Waals surface area contributed by atoms with Gasteiger partial charge in [-0.15, -0.1) is 0 Å². The molecule has 132 valence electrons. The number of benzene rings is 1. The number of likely N-dealkylation sites (tertiary alicyclic amines) is 1. The maximum atomic E-state index is 12.5. The molecule has 0 saturated carbocycles. The SMILES string of the molecule is CC(=O)N1CCCC(C(=O)Nc2cc(-c3cc(C)cc(C)c3)[nH]n2)C1. The van der Waals surface area contributed by atoms with Crippen molar-refractivity contribution in [1.29, 1.82) is 0 Å². The van der Waals surface area contributed by atoms with Gasteiger partial charge in [-0.3, -0.25) is 14.7 Å². The Morgan fingerprint density at radius 1 is 1.20 bits per heavy atom. The maximum Gasteiger partial charge on any atom is 0.230 e. The molecule has 2 heterocycles. The van der Waals surface area contributed by atoms with E-state index in [0.717, 1.165) is 30.6 Å². The minimum absolute atomic E-state index is 0.0226. The van der Waals surface area contributed by atoms with E-state index in [0.29, 0.717) is 12.4 Å². The summed E-state index contributed by atoms with van der Waals surface area (Å²) in [5, 5.41) is 10.1. The Labute approximate surface area is 147 Å². The number of anilines is 1. The Kier molecular flexibility index (Phi) is 4.88. The lowest BCUT2D eigenvalue weighted by Gasteiger charge is -2.31. The van der Waals surface area contributed by atoms with E-state index in [-0.39, 0.29) is 17.7 Å². The molecule has 2 aromatic rings. The smallest absolute Gasteiger partial charge is 0.230 e. The number of amides is 2. The summed E-state index contributed by atoms with van der Waals surface area (Å²) in [6, 6.07) is 8.13. The Morgan fingerprint density at radius 2 is 1.92 bits per heavy atom. The van der Waals surface area contributed by atoms with Crippen LogP contribution in [0.3, 0.4) is 0 Å². The van der Waals surface area contributed by atoms with Gasteiger partial charge in [-0.25, -0.2) is 0 Å². The number of rotatable bonds is 3. The fraction of sp³-hybridized carbons (Fsp3) is 0.421. The predicted molar refractivity (Wildman–Crippen MR) is 97.1 cm³/mol. The van der Waals surface area contributed by atoms with Crippen LogP contribution < -0.4 is 5.32 Å². The number of aryl methyl sites for hydroxylation is 2. The molecule has 6 heteroatoms. The van der Waals surface area contributed by atoms with Crippen molar-refractivity contribution in [2.24, 2.45) is 5.92 Å². The van der Waals surface area contributed by atoms with Crippen molar-refractivity contribution in [2.45, 2.75) is 33.6 Å². The highest BCUT2D eigenvalue weighted by atomic mass is 16.2. The van der Waals surface area contributed by atoms with Gasteiger partial charge in [-0.1, -0.05) is 17.2 Å². The number of piperidine rings is 1. The fourth-order valence-corrected chi connectivity index (χ4v) is 3.37. The van der Waals surface area contributed by atoms with Gasteiger partial charge in [0.05, 0.1) is 11.6 Å². The van der Waals surface area contributed by atoms with Gasteiger partial charge in [0.25, 0.3) is 0 Å². The summed E-state index contributed by atoms with van der Waals surface area (Å²) in [5.74, 6) is 0.275. The lowest BCUT2D eigenvalue weighted by molar-refractivity contribution is -0.132. The van der Waals surface area contributed by atoms with Crippen LogP contribution in [0.5, 0.6) is 0 Å². The number of aromatic amines is 1. The molecule has 1 aliphatic heterocycles. The largest absolute Gasteiger partial charge is 0.342 e. The highest BCUT2D eigenvalue weighted by molar-refractivity contribution is 5.92. The van der Waals surface area contributed by atoms with Crippen LogP contribution in [0.15, 0.2) is 24.3 Å². The number of carbonyl (C=O) groups excluding carboxylic acids is 2. The summed E-state index contributed by atoms with van der Waals surface area (Å²) in [6.45, 7) is 6.87. The molecule has 25 heavy (non-hydrogen) atoms. The van der Waals surface area contributed by atoms with Crippen LogP contribution in [-0.4, -0.2) is 40.0 Å². The van der Waals surface area contributed by atoms with Crippen molar-refractivity contribution in [3.8, 4) is 11.3 Å². The summed E-state index contributed by atoms with van der Waals surface area (Å²) in [7, 11) is 0. The van der Waals surface area contributed by atoms with Crippen molar-refractivity contribution in [3.05, 3.63) is 35.4 Å². The number of aromatic nitrogens is 2. The monoisotopic (exact) mass is 340 g/mol. The van der Waals surface area contributed by atoms with E-state index in [1.807, 2.05) is 6.07 Å². The molecule has 1 fully saturated rings. The van der Waals surface area contributed by atoms with Gasteiger partial charge in [0.15, 0.2) is 5.82 Å². The van der Waals surface area contributed by atoms with Crippen LogP contribution in [0, 0.1) is 19.8 Å². The van der Waals surface area contributed by atoms with Gasteiger partial charge in [0.2, 0.25) is 11.8 Å². The van der Waals surface area contributed by atoms with Gasteiger partial charge < -0.3 is 10.2 Å². The molecule has 3 rings (SSSR count). The Morgan fingerprint density at radius 3 is 2.60 bits per heavy atom. The first-order valence-electron chi connectivity index (χ1n) is 8.63. The zero-order valence-corrected chi connectivity index (χ0v) is 14.9. The van der Waals surface area contributed by atoms with Crippen LogP contribution in [0.4, 0.5) is 5.82 Å². The number of H-pyrrole nitrogens is 1. The molecule has 0 spiro atoms. The molecular weight excluding hydrogens is 316 g/mol. The highest BCUT2D eigenvalue weighted by Gasteiger charge is 2.27. The Balaban J connectivity index is 1.68. The minimum Gasteiger partial charge on any atom is -0.342 e. The quantitative estimate of drug-likeness (QED) is 0.902. The van der Waals surface area contributed by atoms with Crippen LogP contribution in [0.25, 0.3) is 11.3 Å². The highest BCUT2D eigenvalue weighted by Crippen LogP contribution is 2.23. The molecule has 0 bridgehead atoms. The summed E-state index contributed by atoms with van der Waals surface area (Å²) in [5.41, 5.74) is 4.28. The molecule has 1 aliphatic rings. The van der Waals surface area contributed by atoms with E-state index in [1.165, 1.54) is 11.1 Å². The Bertz CT molecular complexity index is 776. The van der Waals surface area contributed by atoms with Crippen molar-refractivity contribution in [2.75, 3.05) is 18.4 Å². The number of nitrogens with zero attached hydrogens (tertiary/aromatic N) is 2. The first-order chi connectivity index (χ1) is 11.9. The lowest BCUT2D eigenvalue weighted by Crippen LogP contribution is -2.42. The van der Waals surface area contributed by atoms with Crippen molar-refractivity contribution in [3.63, 3.8) is 0 Å². The van der Waals surface area contributed by atoms with E-state index in [9.17, 15) is 9.59 Å². The van der Waals surface area contributed by atoms with E-state index >= 15 is 0 Å². The van der Waals surface area contributed by atoms with Crippen molar-refractivity contribution in [1.82, 2.24) is 15.1 Å². The first kappa shape index (κ1) is 17.2. The molecule has 1 atom stereocenters. The number of hydrogen-bond acceptors (Lipinski definition) is 3. The third-order valence-electron chi connectivity index (χ3n) is 4.60. The van der Waals surface area contributed by atoms with Gasteiger partial charge in [0.1, 0.15) is 0 Å². The predicted octanol–water partition coefficient (Wildman–Crippen LogP) is 2.89. The summed E-state index contributed by atoms with van der Waals surface area (Å²) in [4.78, 5) is 25.7. The van der Waals surface area contributed by atoms with E-state index in [2.05, 4.69) is 47.6 Å². The van der Waals surface area contributed by atoms with Crippen LogP contribution in [0.1, 0.15) is 30.9 Å². The summed E-state index contributed by atoms with van der Waals surface area (Å²) >= 11 is 0. The summed E-state index contributed by atoms with van der Waals surface area (Å²) < 4.78 is 0. The lowest BCUT2D eigenvalue weighted by atomic mass is 9.97. The third kappa shape index (κ3) is 4.07. The molecule has 0 aliphatic carbocycles. The van der Waals surface area contributed by atoms with Crippen LogP contribution >= 0.6 is 0 Å². The van der Waals surface area contributed by atoms with Crippen LogP contribution in [-0.2, 0) is 9.59 Å². The molecule has 1 unspecified atom stereocenters. The van der Waals surface area contributed by atoms with Crippen molar-refractivity contribution < 1.29 is 9.59 Å². The molecule has 0 radical (unpaired) electrons. The van der Waals surface area contributed by atoms with Gasteiger partial charge in [-0.05, 0) is 38.8 Å². The molecule has 2 amide bonds. The van der Waals surface area contributed by atoms with E-state index < -0.39 is 0 Å². The zero-order chi connectivity index (χ0) is 18.0. The van der Waals surface area contributed by atoms with Crippen molar-refractivity contribution >= 4 is 17.6 Å². The zero-order valence-electron chi connectivity index (χ0n) is 14.9. The number of nitrogens with one attached hydrogen (secondary N) is 2. The second-order valence-corrected chi connectivity index (χ2v) is 6.84. The maximum absolute atomic E-state index is 12.5. The molecule has 1 saturated heterocycles. The van der Waals surface area contributed by atoms with Crippen LogP contribution in [0.2, 0.25) is 0 Å².